The van der Waals surface area contributed by atoms with Crippen LogP contribution in [0.3, 0.4) is 0 Å². The van der Waals surface area contributed by atoms with E-state index < -0.39 is 0 Å². The van der Waals surface area contributed by atoms with E-state index in [2.05, 4.69) is 0 Å². The quantitative estimate of drug-likeness (QED) is 0.527. The molecule has 0 saturated carbocycles. The Balaban J connectivity index is 1.90. The van der Waals surface area contributed by atoms with Gasteiger partial charge in [-0.1, -0.05) is 62.7 Å². The maximum Gasteiger partial charge on any atom is 0.262 e. The van der Waals surface area contributed by atoms with Crippen LogP contribution >= 0.6 is 0 Å². The summed E-state index contributed by atoms with van der Waals surface area (Å²) in [5.74, 6) is 0.457. The minimum absolute atomic E-state index is 0.0461. The van der Waals surface area contributed by atoms with E-state index in [0.29, 0.717) is 26.0 Å². The van der Waals surface area contributed by atoms with Crippen molar-refractivity contribution in [3.8, 4) is 5.75 Å². The van der Waals surface area contributed by atoms with Crippen LogP contribution in [0, 0.1) is 12.3 Å². The molecule has 1 aliphatic rings. The van der Waals surface area contributed by atoms with Crippen LogP contribution in [0.15, 0.2) is 53.6 Å². The molecule has 0 fully saturated rings. The lowest BCUT2D eigenvalue weighted by atomic mass is 9.91. The number of amides is 2. The molecule has 0 aliphatic carbocycles. The number of hydrogen-bond acceptors (Lipinski definition) is 5. The molecule has 7 nitrogen and oxygen atoms in total. The van der Waals surface area contributed by atoms with Crippen LogP contribution in [0.25, 0.3) is 0 Å². The molecular formula is C28H37N3O4. The van der Waals surface area contributed by atoms with E-state index in [-0.39, 0.29) is 29.8 Å². The molecule has 0 aromatic heterocycles. The van der Waals surface area contributed by atoms with Gasteiger partial charge in [0.15, 0.2) is 0 Å². The number of hydrogen-bond donors (Lipinski definition) is 0. The zero-order valence-electron chi connectivity index (χ0n) is 21.7. The van der Waals surface area contributed by atoms with Crippen molar-refractivity contribution in [2.45, 2.75) is 46.6 Å². The lowest BCUT2D eigenvalue weighted by molar-refractivity contribution is -0.143. The fraction of sp³-hybridized carbons (Fsp3) is 0.464. The Morgan fingerprint density at radius 3 is 2.46 bits per heavy atom. The first-order valence-corrected chi connectivity index (χ1v) is 12.0. The predicted octanol–water partition coefficient (Wildman–Crippen LogP) is 4.59. The zero-order valence-corrected chi connectivity index (χ0v) is 21.7. The van der Waals surface area contributed by atoms with Crippen LogP contribution in [0.1, 0.15) is 56.3 Å². The molecule has 1 heterocycles. The van der Waals surface area contributed by atoms with E-state index in [1.54, 1.807) is 24.1 Å². The normalized spacial score (nSPS) is 15.7. The summed E-state index contributed by atoms with van der Waals surface area (Å²) in [7, 11) is 3.22. The van der Waals surface area contributed by atoms with Gasteiger partial charge in [0.25, 0.3) is 5.91 Å². The second kappa shape index (κ2) is 11.5. The molecule has 35 heavy (non-hydrogen) atoms. The molecule has 0 bridgehead atoms. The van der Waals surface area contributed by atoms with Gasteiger partial charge in [-0.2, -0.15) is 5.10 Å². The number of ether oxygens (including phenoxy) is 2. The summed E-state index contributed by atoms with van der Waals surface area (Å²) in [6, 6.07) is 15.6. The third kappa shape index (κ3) is 7.15. The van der Waals surface area contributed by atoms with Crippen molar-refractivity contribution in [1.82, 2.24) is 9.91 Å². The van der Waals surface area contributed by atoms with Gasteiger partial charge in [-0.3, -0.25) is 9.59 Å². The summed E-state index contributed by atoms with van der Waals surface area (Å²) in [5.41, 5.74) is 3.71. The van der Waals surface area contributed by atoms with Crippen molar-refractivity contribution < 1.29 is 19.1 Å². The van der Waals surface area contributed by atoms with Gasteiger partial charge in [0.1, 0.15) is 12.3 Å². The van der Waals surface area contributed by atoms with Crippen LogP contribution in [0.4, 0.5) is 0 Å². The van der Waals surface area contributed by atoms with Gasteiger partial charge in [-0.05, 0) is 30.0 Å². The average molecular weight is 480 g/mol. The summed E-state index contributed by atoms with van der Waals surface area (Å²) >= 11 is 0. The monoisotopic (exact) mass is 479 g/mol. The molecule has 1 atom stereocenters. The second-order valence-corrected chi connectivity index (χ2v) is 10.2. The number of aryl methyl sites for hydroxylation is 1. The maximum absolute atomic E-state index is 13.6. The smallest absolute Gasteiger partial charge is 0.262 e. The van der Waals surface area contributed by atoms with Crippen LogP contribution in [-0.4, -0.2) is 61.4 Å². The fourth-order valence-corrected chi connectivity index (χ4v) is 4.06. The molecule has 0 N–H and O–H groups in total. The predicted molar refractivity (Wildman–Crippen MR) is 137 cm³/mol. The van der Waals surface area contributed by atoms with E-state index in [1.165, 1.54) is 0 Å². The van der Waals surface area contributed by atoms with Gasteiger partial charge in [0.05, 0.1) is 25.5 Å². The molecule has 0 spiro atoms. The zero-order chi connectivity index (χ0) is 25.6. The molecule has 7 heteroatoms. The topological polar surface area (TPSA) is 71.4 Å². The first-order chi connectivity index (χ1) is 16.6. The summed E-state index contributed by atoms with van der Waals surface area (Å²) in [6.45, 7) is 8.75. The van der Waals surface area contributed by atoms with Crippen LogP contribution in [-0.2, 0) is 14.3 Å². The average Bonchev–Trinajstić information content (AvgIpc) is 3.26. The van der Waals surface area contributed by atoms with E-state index >= 15 is 0 Å². The highest BCUT2D eigenvalue weighted by Gasteiger charge is 2.34. The van der Waals surface area contributed by atoms with Gasteiger partial charge >= 0.3 is 0 Å². The lowest BCUT2D eigenvalue weighted by Gasteiger charge is -2.29. The number of nitrogens with zero attached hydrogens (tertiary/aromatic N) is 3. The largest absolute Gasteiger partial charge is 0.497 e. The fourth-order valence-electron chi connectivity index (χ4n) is 4.06. The molecule has 3 rings (SSSR count). The van der Waals surface area contributed by atoms with E-state index in [4.69, 9.17) is 14.6 Å². The third-order valence-electron chi connectivity index (χ3n) is 5.96. The van der Waals surface area contributed by atoms with Gasteiger partial charge in [-0.15, -0.1) is 0 Å². The summed E-state index contributed by atoms with van der Waals surface area (Å²) < 4.78 is 10.6. The first kappa shape index (κ1) is 26.4. The van der Waals surface area contributed by atoms with Gasteiger partial charge in [0, 0.05) is 32.1 Å². The molecular weight excluding hydrogens is 442 g/mol. The van der Waals surface area contributed by atoms with Crippen molar-refractivity contribution >= 4 is 17.5 Å². The molecule has 188 valence electrons. The Labute approximate surface area is 208 Å². The van der Waals surface area contributed by atoms with E-state index in [0.717, 1.165) is 28.2 Å². The minimum atomic E-state index is -0.244. The molecule has 0 unspecified atom stereocenters. The SMILES string of the molecule is COCCN(CC(=O)N1N=C(c2cccc(OC)c2)C[C@@H]1c1ccc(C)cc1)C(=O)CC(C)(C)C. The standard InChI is InChI=1S/C28H37N3O4/c1-20-10-12-21(13-11-20)25-17-24(22-8-7-9-23(16-22)35-6)29-31(25)27(33)19-30(14-15-34-5)26(32)18-28(2,3)4/h7-13,16,25H,14-15,17-19H2,1-6H3/t25-/m1/s1. The number of benzene rings is 2. The summed E-state index contributed by atoms with van der Waals surface area (Å²) in [4.78, 5) is 28.2. The summed E-state index contributed by atoms with van der Waals surface area (Å²) in [6.07, 6.45) is 0.930. The number of methoxy groups -OCH3 is 2. The molecule has 2 aromatic rings. The summed E-state index contributed by atoms with van der Waals surface area (Å²) in [5, 5.41) is 6.30. The first-order valence-electron chi connectivity index (χ1n) is 12.0. The number of rotatable bonds is 9. The Hall–Kier alpha value is -3.19. The third-order valence-corrected chi connectivity index (χ3v) is 5.96. The van der Waals surface area contributed by atoms with Crippen LogP contribution in [0.2, 0.25) is 0 Å². The second-order valence-electron chi connectivity index (χ2n) is 10.2. The number of carbonyl (C=O) groups is 2. The Kier molecular flexibility index (Phi) is 8.67. The van der Waals surface area contributed by atoms with Gasteiger partial charge < -0.3 is 14.4 Å². The van der Waals surface area contributed by atoms with Gasteiger partial charge in [-0.25, -0.2) is 5.01 Å². The van der Waals surface area contributed by atoms with Crippen molar-refractivity contribution in [1.29, 1.82) is 0 Å². The molecule has 0 radical (unpaired) electrons. The Morgan fingerprint density at radius 2 is 1.83 bits per heavy atom. The van der Waals surface area contributed by atoms with Crippen LogP contribution in [0.5, 0.6) is 5.75 Å². The lowest BCUT2D eigenvalue weighted by Crippen LogP contribution is -2.43. The highest BCUT2D eigenvalue weighted by Crippen LogP contribution is 2.34. The van der Waals surface area contributed by atoms with Gasteiger partial charge in [0.2, 0.25) is 5.91 Å². The van der Waals surface area contributed by atoms with Crippen molar-refractivity contribution in [2.75, 3.05) is 33.9 Å². The van der Waals surface area contributed by atoms with E-state index in [9.17, 15) is 9.59 Å². The highest BCUT2D eigenvalue weighted by molar-refractivity contribution is 6.03. The Bertz CT molecular complexity index is 1060. The van der Waals surface area contributed by atoms with Crippen molar-refractivity contribution in [2.24, 2.45) is 10.5 Å². The molecule has 2 amide bonds. The number of carbonyl (C=O) groups excluding carboxylic acids is 2. The molecule has 2 aromatic carbocycles. The van der Waals surface area contributed by atoms with Crippen molar-refractivity contribution in [3.05, 3.63) is 65.2 Å². The van der Waals surface area contributed by atoms with Crippen molar-refractivity contribution in [3.63, 3.8) is 0 Å². The molecule has 1 aliphatic heterocycles. The maximum atomic E-state index is 13.6. The Morgan fingerprint density at radius 1 is 1.11 bits per heavy atom. The molecule has 0 saturated heterocycles. The van der Waals surface area contributed by atoms with E-state index in [1.807, 2.05) is 76.2 Å². The highest BCUT2D eigenvalue weighted by atomic mass is 16.5. The minimum Gasteiger partial charge on any atom is -0.497 e. The number of hydrazone groups is 1. The van der Waals surface area contributed by atoms with Crippen LogP contribution < -0.4 is 4.74 Å².